The minimum absolute atomic E-state index is 0.0920. The van der Waals surface area contributed by atoms with Gasteiger partial charge in [-0.25, -0.2) is 4.39 Å². The molecular weight excluding hydrogens is 267 g/mol. The third-order valence-electron chi connectivity index (χ3n) is 1.64. The molecule has 15 heavy (non-hydrogen) atoms. The van der Waals surface area contributed by atoms with Crippen molar-refractivity contribution in [2.75, 3.05) is 6.61 Å². The largest absolute Gasteiger partial charge is 0.457 e. The van der Waals surface area contributed by atoms with Crippen molar-refractivity contribution in [3.63, 3.8) is 0 Å². The van der Waals surface area contributed by atoms with Crippen molar-refractivity contribution >= 4 is 27.7 Å². The molecule has 0 spiro atoms. The van der Waals surface area contributed by atoms with Crippen LogP contribution in [0.15, 0.2) is 22.7 Å². The first kappa shape index (κ1) is 11.8. The molecular formula is C10H8BrFO3. The van der Waals surface area contributed by atoms with Gasteiger partial charge in [-0.2, -0.15) is 0 Å². The molecule has 1 aromatic rings. The molecule has 0 amide bonds. The lowest BCUT2D eigenvalue weighted by atomic mass is 10.1. The Morgan fingerprint density at radius 2 is 2.13 bits per heavy atom. The maximum absolute atomic E-state index is 13.2. The number of Topliss-reactive ketones (excluding diaryl/α,β-unsaturated/α-hetero) is 1. The van der Waals surface area contributed by atoms with E-state index < -0.39 is 24.2 Å². The maximum Gasteiger partial charge on any atom is 0.303 e. The summed E-state index contributed by atoms with van der Waals surface area (Å²) in [6.45, 7) is 0.743. The average molecular weight is 275 g/mol. The van der Waals surface area contributed by atoms with Gasteiger partial charge in [0, 0.05) is 11.4 Å². The minimum atomic E-state index is -0.629. The van der Waals surface area contributed by atoms with Crippen LogP contribution in [0.1, 0.15) is 17.3 Å². The molecule has 0 saturated heterocycles. The summed E-state index contributed by atoms with van der Waals surface area (Å²) in [6, 6.07) is 4.00. The summed E-state index contributed by atoms with van der Waals surface area (Å²) in [7, 11) is 0. The summed E-state index contributed by atoms with van der Waals surface area (Å²) in [5.74, 6) is -1.77. The molecule has 3 nitrogen and oxygen atoms in total. The topological polar surface area (TPSA) is 43.4 Å². The second-order valence-corrected chi connectivity index (χ2v) is 3.74. The number of hydrogen-bond acceptors (Lipinski definition) is 3. The van der Waals surface area contributed by atoms with Gasteiger partial charge in [0.2, 0.25) is 5.78 Å². The fourth-order valence-corrected chi connectivity index (χ4v) is 1.32. The van der Waals surface area contributed by atoms with Crippen molar-refractivity contribution in [1.29, 1.82) is 0 Å². The molecule has 80 valence electrons. The monoisotopic (exact) mass is 274 g/mol. The lowest BCUT2D eigenvalue weighted by Crippen LogP contribution is -2.13. The van der Waals surface area contributed by atoms with E-state index in [2.05, 4.69) is 20.7 Å². The maximum atomic E-state index is 13.2. The lowest BCUT2D eigenvalue weighted by molar-refractivity contribution is -0.139. The van der Waals surface area contributed by atoms with E-state index in [1.165, 1.54) is 25.1 Å². The predicted molar refractivity (Wildman–Crippen MR) is 55.1 cm³/mol. The average Bonchev–Trinajstić information content (AvgIpc) is 2.18. The number of benzene rings is 1. The van der Waals surface area contributed by atoms with E-state index in [4.69, 9.17) is 0 Å². The fourth-order valence-electron chi connectivity index (χ4n) is 0.956. The van der Waals surface area contributed by atoms with Crippen LogP contribution in [-0.2, 0) is 9.53 Å². The van der Waals surface area contributed by atoms with Crippen LogP contribution in [0.25, 0.3) is 0 Å². The van der Waals surface area contributed by atoms with Gasteiger partial charge in [-0.3, -0.25) is 9.59 Å². The highest BCUT2D eigenvalue weighted by atomic mass is 79.9. The van der Waals surface area contributed by atoms with Gasteiger partial charge in [0.05, 0.1) is 5.56 Å². The summed E-state index contributed by atoms with van der Waals surface area (Å²) in [5.41, 5.74) is -0.0920. The third kappa shape index (κ3) is 3.43. The summed E-state index contributed by atoms with van der Waals surface area (Å²) in [4.78, 5) is 21.8. The Balaban J connectivity index is 2.81. The normalized spacial score (nSPS) is 9.80. The van der Waals surface area contributed by atoms with E-state index in [1.807, 2.05) is 0 Å². The van der Waals surface area contributed by atoms with Crippen molar-refractivity contribution in [3.05, 3.63) is 34.1 Å². The number of hydrogen-bond donors (Lipinski definition) is 0. The smallest absolute Gasteiger partial charge is 0.303 e. The highest BCUT2D eigenvalue weighted by molar-refractivity contribution is 9.10. The molecule has 0 bridgehead atoms. The first-order chi connectivity index (χ1) is 7.00. The van der Waals surface area contributed by atoms with E-state index in [9.17, 15) is 14.0 Å². The number of carbonyl (C=O) groups is 2. The summed E-state index contributed by atoms with van der Waals surface area (Å²) in [6.07, 6.45) is 0. The van der Waals surface area contributed by atoms with Crippen LogP contribution in [0, 0.1) is 5.82 Å². The summed E-state index contributed by atoms with van der Waals surface area (Å²) in [5, 5.41) is 0. The molecule has 0 atom stereocenters. The first-order valence-corrected chi connectivity index (χ1v) is 4.91. The zero-order valence-corrected chi connectivity index (χ0v) is 9.51. The lowest BCUT2D eigenvalue weighted by Gasteiger charge is -2.03. The molecule has 1 aromatic carbocycles. The zero-order chi connectivity index (χ0) is 11.4. The first-order valence-electron chi connectivity index (χ1n) is 4.12. The zero-order valence-electron chi connectivity index (χ0n) is 7.92. The Morgan fingerprint density at radius 1 is 1.47 bits per heavy atom. The van der Waals surface area contributed by atoms with E-state index in [0.717, 1.165) is 0 Å². The molecule has 0 aliphatic carbocycles. The van der Waals surface area contributed by atoms with Gasteiger partial charge in [0.15, 0.2) is 6.61 Å². The van der Waals surface area contributed by atoms with Gasteiger partial charge in [-0.1, -0.05) is 15.9 Å². The van der Waals surface area contributed by atoms with Gasteiger partial charge in [-0.15, -0.1) is 0 Å². The number of esters is 1. The van der Waals surface area contributed by atoms with Crippen LogP contribution in [0.2, 0.25) is 0 Å². The van der Waals surface area contributed by atoms with Gasteiger partial charge in [-0.05, 0) is 18.2 Å². The van der Waals surface area contributed by atoms with Crippen LogP contribution in [0.3, 0.4) is 0 Å². The molecule has 0 fully saturated rings. The number of ketones is 1. The minimum Gasteiger partial charge on any atom is -0.457 e. The van der Waals surface area contributed by atoms with E-state index in [-0.39, 0.29) is 5.56 Å². The highest BCUT2D eigenvalue weighted by Crippen LogP contribution is 2.16. The molecule has 1 rings (SSSR count). The third-order valence-corrected chi connectivity index (χ3v) is 2.13. The number of carbonyl (C=O) groups excluding carboxylic acids is 2. The molecule has 0 aliphatic heterocycles. The van der Waals surface area contributed by atoms with Crippen molar-refractivity contribution in [2.24, 2.45) is 0 Å². The molecule has 0 heterocycles. The van der Waals surface area contributed by atoms with Crippen LogP contribution in [0.4, 0.5) is 4.39 Å². The molecule has 0 radical (unpaired) electrons. The van der Waals surface area contributed by atoms with Gasteiger partial charge >= 0.3 is 5.97 Å². The highest BCUT2D eigenvalue weighted by Gasteiger charge is 2.13. The van der Waals surface area contributed by atoms with Crippen LogP contribution in [-0.4, -0.2) is 18.4 Å². The standard InChI is InChI=1S/C10H8BrFO3/c1-6(13)15-5-10(14)8-4-7(11)2-3-9(8)12/h2-4H,5H2,1H3. The van der Waals surface area contributed by atoms with Crippen LogP contribution in [0.5, 0.6) is 0 Å². The molecule has 0 unspecified atom stereocenters. The number of halogens is 2. The quantitative estimate of drug-likeness (QED) is 0.628. The molecule has 0 N–H and O–H groups in total. The summed E-state index contributed by atoms with van der Waals surface area (Å²) < 4.78 is 18.2. The molecule has 0 aromatic heterocycles. The van der Waals surface area contributed by atoms with E-state index in [1.54, 1.807) is 0 Å². The SMILES string of the molecule is CC(=O)OCC(=O)c1cc(Br)ccc1F. The van der Waals surface area contributed by atoms with Crippen LogP contribution < -0.4 is 0 Å². The Kier molecular flexibility index (Phi) is 3.96. The van der Waals surface area contributed by atoms with Crippen LogP contribution >= 0.6 is 15.9 Å². The second-order valence-electron chi connectivity index (χ2n) is 2.83. The number of rotatable bonds is 3. The van der Waals surface area contributed by atoms with Crippen molar-refractivity contribution in [3.8, 4) is 0 Å². The molecule has 5 heteroatoms. The fraction of sp³-hybridized carbons (Fsp3) is 0.200. The van der Waals surface area contributed by atoms with Crippen molar-refractivity contribution in [2.45, 2.75) is 6.92 Å². The number of ether oxygens (including phenoxy) is 1. The Hall–Kier alpha value is -1.23. The van der Waals surface area contributed by atoms with Gasteiger partial charge in [0.1, 0.15) is 5.82 Å². The van der Waals surface area contributed by atoms with Crippen molar-refractivity contribution < 1.29 is 18.7 Å². The summed E-state index contributed by atoms with van der Waals surface area (Å²) >= 11 is 3.12. The Bertz CT molecular complexity index is 404. The molecule has 0 aliphatic rings. The van der Waals surface area contributed by atoms with E-state index >= 15 is 0 Å². The predicted octanol–water partition coefficient (Wildman–Crippen LogP) is 2.33. The second kappa shape index (κ2) is 5.02. The van der Waals surface area contributed by atoms with E-state index in [0.29, 0.717) is 4.47 Å². The Morgan fingerprint density at radius 3 is 2.73 bits per heavy atom. The van der Waals surface area contributed by atoms with Gasteiger partial charge in [0.25, 0.3) is 0 Å². The van der Waals surface area contributed by atoms with Crippen molar-refractivity contribution in [1.82, 2.24) is 0 Å². The molecule has 0 saturated carbocycles. The van der Waals surface area contributed by atoms with Gasteiger partial charge < -0.3 is 4.74 Å². The Labute approximate surface area is 94.4 Å².